The van der Waals surface area contributed by atoms with Gasteiger partial charge in [-0.2, -0.15) is 0 Å². The van der Waals surface area contributed by atoms with Gasteiger partial charge in [0, 0.05) is 6.20 Å². The number of hydrogen-bond donors (Lipinski definition) is 4. The first kappa shape index (κ1) is 9.40. The molecule has 0 radical (unpaired) electrons. The molecule has 0 aliphatic rings. The van der Waals surface area contributed by atoms with E-state index in [2.05, 4.69) is 4.98 Å². The predicted molar refractivity (Wildman–Crippen MR) is 44.6 cm³/mol. The van der Waals surface area contributed by atoms with Crippen molar-refractivity contribution < 1.29 is 15.3 Å². The van der Waals surface area contributed by atoms with E-state index >= 15 is 0 Å². The summed E-state index contributed by atoms with van der Waals surface area (Å²) in [6.45, 7) is -0.487. The smallest absolute Gasteiger partial charge is 0.180 e. The molecule has 1 rings (SSSR count). The Hall–Kier alpha value is -0.690. The van der Waals surface area contributed by atoms with Gasteiger partial charge in [0.05, 0.1) is 11.5 Å². The Bertz CT molecular complexity index is 253. The number of thiazole rings is 1. The third-order valence-corrected chi connectivity index (χ3v) is 2.28. The molecule has 2 unspecified atom stereocenters. The molecule has 0 aliphatic heterocycles. The Morgan fingerprint density at radius 1 is 1.58 bits per heavy atom. The second-order valence-corrected chi connectivity index (χ2v) is 3.39. The van der Waals surface area contributed by atoms with E-state index in [0.717, 1.165) is 11.3 Å². The molecule has 6 heteroatoms. The van der Waals surface area contributed by atoms with Crippen molar-refractivity contribution in [3.8, 4) is 0 Å². The van der Waals surface area contributed by atoms with Crippen molar-refractivity contribution in [2.24, 2.45) is 0 Å². The standard InChI is InChI=1S/C6H10N2O3S/c7-6-8-1-4(12-6)5(11)3(10)2-9/h1,3,5,9-11H,2H2,(H2,7,8). The number of anilines is 1. The maximum atomic E-state index is 9.31. The molecule has 5 N–H and O–H groups in total. The second kappa shape index (κ2) is 3.81. The van der Waals surface area contributed by atoms with Crippen LogP contribution in [0.4, 0.5) is 5.13 Å². The number of hydrogen-bond acceptors (Lipinski definition) is 6. The molecule has 5 nitrogen and oxygen atoms in total. The van der Waals surface area contributed by atoms with Crippen LogP contribution in [0.3, 0.4) is 0 Å². The van der Waals surface area contributed by atoms with Gasteiger partial charge in [0.15, 0.2) is 5.13 Å². The summed E-state index contributed by atoms with van der Waals surface area (Å²) < 4.78 is 0. The molecular weight excluding hydrogens is 180 g/mol. The van der Waals surface area contributed by atoms with E-state index in [0.29, 0.717) is 10.0 Å². The SMILES string of the molecule is Nc1ncc(C(O)C(O)CO)s1. The summed E-state index contributed by atoms with van der Waals surface area (Å²) in [4.78, 5) is 4.15. The number of aromatic nitrogens is 1. The summed E-state index contributed by atoms with van der Waals surface area (Å²) in [7, 11) is 0. The zero-order chi connectivity index (χ0) is 9.14. The Morgan fingerprint density at radius 3 is 2.67 bits per heavy atom. The number of nitrogens with two attached hydrogens (primary N) is 1. The van der Waals surface area contributed by atoms with Gasteiger partial charge in [-0.25, -0.2) is 4.98 Å². The van der Waals surface area contributed by atoms with Crippen LogP contribution in [0.15, 0.2) is 6.20 Å². The van der Waals surface area contributed by atoms with Crippen LogP contribution >= 0.6 is 11.3 Å². The highest BCUT2D eigenvalue weighted by Crippen LogP contribution is 2.24. The Balaban J connectivity index is 2.70. The van der Waals surface area contributed by atoms with E-state index in [-0.39, 0.29) is 0 Å². The van der Waals surface area contributed by atoms with E-state index in [9.17, 15) is 5.11 Å². The van der Waals surface area contributed by atoms with Crippen LogP contribution in [0.5, 0.6) is 0 Å². The number of aliphatic hydroxyl groups is 3. The predicted octanol–water partition coefficient (Wildman–Crippen LogP) is -0.888. The van der Waals surface area contributed by atoms with Crippen LogP contribution in [0.25, 0.3) is 0 Å². The zero-order valence-electron chi connectivity index (χ0n) is 6.21. The third kappa shape index (κ3) is 1.92. The molecule has 68 valence electrons. The highest BCUT2D eigenvalue weighted by Gasteiger charge is 2.19. The van der Waals surface area contributed by atoms with Crippen molar-refractivity contribution in [2.45, 2.75) is 12.2 Å². The van der Waals surface area contributed by atoms with Crippen molar-refractivity contribution in [3.63, 3.8) is 0 Å². The molecule has 0 aromatic carbocycles. The first-order valence-corrected chi connectivity index (χ1v) is 4.15. The molecule has 0 aliphatic carbocycles. The van der Waals surface area contributed by atoms with Gasteiger partial charge >= 0.3 is 0 Å². The second-order valence-electron chi connectivity index (χ2n) is 2.30. The molecular formula is C6H10N2O3S. The number of nitrogen functional groups attached to an aromatic ring is 1. The van der Waals surface area contributed by atoms with Crippen molar-refractivity contribution in [2.75, 3.05) is 12.3 Å². The molecule has 1 aromatic heterocycles. The quantitative estimate of drug-likeness (QED) is 0.495. The lowest BCUT2D eigenvalue weighted by molar-refractivity contribution is -0.0136. The van der Waals surface area contributed by atoms with Crippen LogP contribution < -0.4 is 5.73 Å². The first-order valence-electron chi connectivity index (χ1n) is 3.33. The van der Waals surface area contributed by atoms with E-state index in [1.165, 1.54) is 6.20 Å². The van der Waals surface area contributed by atoms with Gasteiger partial charge in [0.2, 0.25) is 0 Å². The number of aliphatic hydroxyl groups excluding tert-OH is 3. The maximum Gasteiger partial charge on any atom is 0.180 e. The lowest BCUT2D eigenvalue weighted by Crippen LogP contribution is -2.21. The topological polar surface area (TPSA) is 99.6 Å². The van der Waals surface area contributed by atoms with Gasteiger partial charge in [-0.3, -0.25) is 0 Å². The lowest BCUT2D eigenvalue weighted by Gasteiger charge is -2.12. The third-order valence-electron chi connectivity index (χ3n) is 1.38. The Morgan fingerprint density at radius 2 is 2.25 bits per heavy atom. The average Bonchev–Trinajstić information content (AvgIpc) is 2.49. The maximum absolute atomic E-state index is 9.31. The molecule has 0 amide bonds. The zero-order valence-corrected chi connectivity index (χ0v) is 7.03. The van der Waals surface area contributed by atoms with Gasteiger partial charge in [-0.05, 0) is 0 Å². The molecule has 0 spiro atoms. The molecule has 0 bridgehead atoms. The van der Waals surface area contributed by atoms with Gasteiger partial charge in [-0.15, -0.1) is 0 Å². The molecule has 0 saturated heterocycles. The van der Waals surface area contributed by atoms with Crippen LogP contribution in [0, 0.1) is 0 Å². The fraction of sp³-hybridized carbons (Fsp3) is 0.500. The van der Waals surface area contributed by atoms with Gasteiger partial charge in [0.25, 0.3) is 0 Å². The summed E-state index contributed by atoms with van der Waals surface area (Å²) in [5.41, 5.74) is 5.31. The van der Waals surface area contributed by atoms with Gasteiger partial charge in [0.1, 0.15) is 12.2 Å². The van der Waals surface area contributed by atoms with Crippen molar-refractivity contribution in [3.05, 3.63) is 11.1 Å². The van der Waals surface area contributed by atoms with E-state index in [4.69, 9.17) is 15.9 Å². The Kier molecular flexibility index (Phi) is 2.99. The minimum absolute atomic E-state index is 0.328. The fourth-order valence-electron chi connectivity index (χ4n) is 0.727. The monoisotopic (exact) mass is 190 g/mol. The largest absolute Gasteiger partial charge is 0.394 e. The highest BCUT2D eigenvalue weighted by atomic mass is 32.1. The summed E-state index contributed by atoms with van der Waals surface area (Å²) in [5.74, 6) is 0. The molecule has 12 heavy (non-hydrogen) atoms. The van der Waals surface area contributed by atoms with Crippen LogP contribution in [-0.2, 0) is 0 Å². The molecule has 1 aromatic rings. The minimum Gasteiger partial charge on any atom is -0.394 e. The Labute approximate surface area is 73.1 Å². The average molecular weight is 190 g/mol. The number of nitrogens with zero attached hydrogens (tertiary/aromatic N) is 1. The van der Waals surface area contributed by atoms with E-state index < -0.39 is 18.8 Å². The first-order chi connectivity index (χ1) is 5.65. The number of rotatable bonds is 3. The normalized spacial score (nSPS) is 15.9. The van der Waals surface area contributed by atoms with Crippen molar-refractivity contribution >= 4 is 16.5 Å². The summed E-state index contributed by atoms with van der Waals surface area (Å²) in [5, 5.41) is 27.2. The summed E-state index contributed by atoms with van der Waals surface area (Å²) in [6, 6.07) is 0. The van der Waals surface area contributed by atoms with E-state index in [1.54, 1.807) is 0 Å². The molecule has 1 heterocycles. The van der Waals surface area contributed by atoms with Gasteiger partial charge < -0.3 is 21.1 Å². The minimum atomic E-state index is -1.18. The summed E-state index contributed by atoms with van der Waals surface area (Å²) in [6.07, 6.45) is -0.904. The van der Waals surface area contributed by atoms with Gasteiger partial charge in [-0.1, -0.05) is 11.3 Å². The van der Waals surface area contributed by atoms with E-state index in [1.807, 2.05) is 0 Å². The fourth-order valence-corrected chi connectivity index (χ4v) is 1.46. The highest BCUT2D eigenvalue weighted by molar-refractivity contribution is 7.15. The van der Waals surface area contributed by atoms with Crippen LogP contribution in [0.2, 0.25) is 0 Å². The molecule has 0 fully saturated rings. The van der Waals surface area contributed by atoms with Crippen LogP contribution in [-0.4, -0.2) is 33.0 Å². The van der Waals surface area contributed by atoms with Crippen molar-refractivity contribution in [1.82, 2.24) is 4.98 Å². The molecule has 2 atom stereocenters. The van der Waals surface area contributed by atoms with Crippen LogP contribution in [0.1, 0.15) is 11.0 Å². The summed E-state index contributed by atoms with van der Waals surface area (Å²) >= 11 is 1.09. The lowest BCUT2D eigenvalue weighted by atomic mass is 10.2. The molecule has 0 saturated carbocycles. The van der Waals surface area contributed by atoms with Crippen molar-refractivity contribution in [1.29, 1.82) is 0 Å².